The molecule has 8 heteroatoms. The smallest absolute Gasteiger partial charge is 0.321 e. The summed E-state index contributed by atoms with van der Waals surface area (Å²) in [5.74, 6) is 1.08. The van der Waals surface area contributed by atoms with Crippen molar-refractivity contribution in [1.29, 1.82) is 0 Å². The lowest BCUT2D eigenvalue weighted by molar-refractivity contribution is -0.138. The predicted octanol–water partition coefficient (Wildman–Crippen LogP) is 5.30. The second-order valence-electron chi connectivity index (χ2n) is 6.67. The number of carboxylic acids is 1. The van der Waals surface area contributed by atoms with E-state index in [-0.39, 0.29) is 5.37 Å². The molecule has 0 aliphatic carbocycles. The Kier molecular flexibility index (Phi) is 8.12. The Morgan fingerprint density at radius 1 is 1.28 bits per heavy atom. The van der Waals surface area contributed by atoms with Crippen LogP contribution in [0.15, 0.2) is 40.9 Å². The van der Waals surface area contributed by atoms with Crippen LogP contribution < -0.4 is 14.8 Å². The Labute approximate surface area is 188 Å². The van der Waals surface area contributed by atoms with E-state index in [1.54, 1.807) is 6.07 Å². The first-order chi connectivity index (χ1) is 14.0. The molecule has 1 heterocycles. The average molecular weight is 501 g/mol. The van der Waals surface area contributed by atoms with Crippen LogP contribution in [0.25, 0.3) is 0 Å². The number of ether oxygens (including phenoxy) is 2. The van der Waals surface area contributed by atoms with Gasteiger partial charge in [0.1, 0.15) is 30.8 Å². The highest BCUT2D eigenvalue weighted by Crippen LogP contribution is 2.42. The van der Waals surface area contributed by atoms with Gasteiger partial charge < -0.3 is 14.6 Å². The molecule has 2 aromatic rings. The number of nitrogens with one attached hydrogen (secondary N) is 1. The van der Waals surface area contributed by atoms with Crippen molar-refractivity contribution >= 4 is 45.3 Å². The molecule has 2 aromatic carbocycles. The molecule has 2 N–H and O–H groups in total. The molecule has 0 radical (unpaired) electrons. The Bertz CT molecular complexity index is 849. The van der Waals surface area contributed by atoms with Crippen molar-refractivity contribution in [3.05, 3.63) is 57.0 Å². The summed E-state index contributed by atoms with van der Waals surface area (Å²) < 4.78 is 12.5. The van der Waals surface area contributed by atoms with E-state index in [0.29, 0.717) is 29.7 Å². The van der Waals surface area contributed by atoms with E-state index < -0.39 is 12.0 Å². The standard InChI is InChI=1S/C21H23BrClNO4S/c1-2-3-13-4-6-15(7-5-13)27-8-9-28-19-16(10-14(23)11-17(19)22)20-24-18(12-29-20)21(25)26/h4-7,10-11,18,20,24H,2-3,8-9,12H2,1H3,(H,25,26). The summed E-state index contributed by atoms with van der Waals surface area (Å²) in [6.45, 7) is 2.90. The van der Waals surface area contributed by atoms with Gasteiger partial charge >= 0.3 is 5.97 Å². The van der Waals surface area contributed by atoms with Gasteiger partial charge in [0.05, 0.1) is 9.85 Å². The van der Waals surface area contributed by atoms with Gasteiger partial charge in [-0.1, -0.05) is 37.1 Å². The zero-order valence-corrected chi connectivity index (χ0v) is 19.1. The van der Waals surface area contributed by atoms with Crippen molar-refractivity contribution in [3.8, 4) is 11.5 Å². The first kappa shape index (κ1) is 22.3. The van der Waals surface area contributed by atoms with Crippen molar-refractivity contribution in [2.24, 2.45) is 0 Å². The monoisotopic (exact) mass is 499 g/mol. The van der Waals surface area contributed by atoms with Gasteiger partial charge in [-0.15, -0.1) is 11.8 Å². The first-order valence-electron chi connectivity index (χ1n) is 9.42. The van der Waals surface area contributed by atoms with Crippen LogP contribution in [0.4, 0.5) is 0 Å². The highest BCUT2D eigenvalue weighted by atomic mass is 79.9. The van der Waals surface area contributed by atoms with E-state index in [9.17, 15) is 9.90 Å². The molecule has 0 aromatic heterocycles. The normalized spacial score (nSPS) is 18.6. The van der Waals surface area contributed by atoms with Crippen molar-refractivity contribution in [2.45, 2.75) is 31.2 Å². The lowest BCUT2D eigenvalue weighted by atomic mass is 10.1. The third-order valence-corrected chi connectivity index (χ3v) is 6.52. The van der Waals surface area contributed by atoms with Crippen LogP contribution in [0.2, 0.25) is 5.02 Å². The molecule has 156 valence electrons. The molecule has 1 fully saturated rings. The maximum Gasteiger partial charge on any atom is 0.321 e. The fraction of sp³-hybridized carbons (Fsp3) is 0.381. The Balaban J connectivity index is 1.61. The molecule has 0 saturated carbocycles. The van der Waals surface area contributed by atoms with E-state index in [0.717, 1.165) is 28.6 Å². The second-order valence-corrected chi connectivity index (χ2v) is 9.10. The minimum atomic E-state index is -0.859. The number of carboxylic acid groups (broad SMARTS) is 1. The molecule has 1 aliphatic heterocycles. The molecule has 0 bridgehead atoms. The quantitative estimate of drug-likeness (QED) is 0.455. The molecule has 2 atom stereocenters. The van der Waals surface area contributed by atoms with Crippen molar-refractivity contribution in [1.82, 2.24) is 5.32 Å². The average Bonchev–Trinajstić information content (AvgIpc) is 3.18. The number of benzene rings is 2. The summed E-state index contributed by atoms with van der Waals surface area (Å²) in [6.07, 6.45) is 2.18. The van der Waals surface area contributed by atoms with Gasteiger partial charge in [0.2, 0.25) is 0 Å². The highest BCUT2D eigenvalue weighted by molar-refractivity contribution is 9.10. The van der Waals surface area contributed by atoms with Gasteiger partial charge in [0, 0.05) is 16.3 Å². The SMILES string of the molecule is CCCc1ccc(OCCOc2c(Br)cc(Cl)cc2C2NC(C(=O)O)CS2)cc1. The number of halogens is 2. The Morgan fingerprint density at radius 2 is 2.00 bits per heavy atom. The number of aliphatic carboxylic acids is 1. The molecular weight excluding hydrogens is 478 g/mol. The molecule has 1 aliphatic rings. The van der Waals surface area contributed by atoms with Crippen LogP contribution in [0, 0.1) is 0 Å². The zero-order chi connectivity index (χ0) is 20.8. The number of hydrogen-bond donors (Lipinski definition) is 2. The maximum atomic E-state index is 11.2. The van der Waals surface area contributed by atoms with E-state index >= 15 is 0 Å². The predicted molar refractivity (Wildman–Crippen MR) is 120 cm³/mol. The van der Waals surface area contributed by atoms with Gasteiger partial charge in [-0.25, -0.2) is 0 Å². The number of aryl methyl sites for hydroxylation is 1. The van der Waals surface area contributed by atoms with E-state index in [1.807, 2.05) is 18.2 Å². The fourth-order valence-electron chi connectivity index (χ4n) is 3.07. The zero-order valence-electron chi connectivity index (χ0n) is 16.0. The Hall–Kier alpha value is -1.41. The number of rotatable bonds is 9. The van der Waals surface area contributed by atoms with Crippen LogP contribution in [0.5, 0.6) is 11.5 Å². The van der Waals surface area contributed by atoms with E-state index in [2.05, 4.69) is 40.3 Å². The van der Waals surface area contributed by atoms with Gasteiger partial charge in [0.25, 0.3) is 0 Å². The minimum absolute atomic E-state index is 0.201. The molecule has 1 saturated heterocycles. The minimum Gasteiger partial charge on any atom is -0.490 e. The van der Waals surface area contributed by atoms with Crippen molar-refractivity contribution in [2.75, 3.05) is 19.0 Å². The van der Waals surface area contributed by atoms with Gasteiger partial charge in [-0.2, -0.15) is 0 Å². The highest BCUT2D eigenvalue weighted by Gasteiger charge is 2.32. The fourth-order valence-corrected chi connectivity index (χ4v) is 5.25. The molecule has 3 rings (SSSR count). The van der Waals surface area contributed by atoms with Crippen LogP contribution in [0.1, 0.15) is 29.8 Å². The summed E-state index contributed by atoms with van der Waals surface area (Å²) in [4.78, 5) is 11.2. The molecular formula is C21H23BrClNO4S. The number of thioether (sulfide) groups is 1. The van der Waals surface area contributed by atoms with Gasteiger partial charge in [0.15, 0.2) is 0 Å². The van der Waals surface area contributed by atoms with Crippen molar-refractivity contribution in [3.63, 3.8) is 0 Å². The molecule has 29 heavy (non-hydrogen) atoms. The third-order valence-electron chi connectivity index (χ3n) is 4.46. The van der Waals surface area contributed by atoms with E-state index in [4.69, 9.17) is 21.1 Å². The summed E-state index contributed by atoms with van der Waals surface area (Å²) in [5, 5.41) is 12.7. The van der Waals surface area contributed by atoms with Crippen LogP contribution in [0.3, 0.4) is 0 Å². The van der Waals surface area contributed by atoms with Crippen LogP contribution >= 0.6 is 39.3 Å². The molecule has 0 spiro atoms. The summed E-state index contributed by atoms with van der Waals surface area (Å²) in [5.41, 5.74) is 2.12. The van der Waals surface area contributed by atoms with Crippen LogP contribution in [-0.4, -0.2) is 36.1 Å². The van der Waals surface area contributed by atoms with Gasteiger partial charge in [-0.05, 0) is 52.2 Å². The topological polar surface area (TPSA) is 67.8 Å². The number of carbonyl (C=O) groups is 1. The van der Waals surface area contributed by atoms with Gasteiger partial charge in [-0.3, -0.25) is 10.1 Å². The lowest BCUT2D eigenvalue weighted by Crippen LogP contribution is -2.33. The lowest BCUT2D eigenvalue weighted by Gasteiger charge is -2.19. The molecule has 0 amide bonds. The maximum absolute atomic E-state index is 11.2. The van der Waals surface area contributed by atoms with E-state index in [1.165, 1.54) is 17.3 Å². The first-order valence-corrected chi connectivity index (χ1v) is 11.6. The number of hydrogen-bond acceptors (Lipinski definition) is 5. The summed E-state index contributed by atoms with van der Waals surface area (Å²) in [6, 6.07) is 11.1. The second kappa shape index (κ2) is 10.6. The van der Waals surface area contributed by atoms with Crippen LogP contribution in [-0.2, 0) is 11.2 Å². The van der Waals surface area contributed by atoms with Crippen molar-refractivity contribution < 1.29 is 19.4 Å². The molecule has 5 nitrogen and oxygen atoms in total. The Morgan fingerprint density at radius 3 is 2.66 bits per heavy atom. The summed E-state index contributed by atoms with van der Waals surface area (Å²) in [7, 11) is 0. The molecule has 2 unspecified atom stereocenters. The third kappa shape index (κ3) is 6.04. The largest absolute Gasteiger partial charge is 0.490 e. The summed E-state index contributed by atoms with van der Waals surface area (Å²) >= 11 is 11.2.